The monoisotopic (exact) mass is 378 g/mol. The van der Waals surface area contributed by atoms with Gasteiger partial charge < -0.3 is 19.8 Å². The molecule has 1 heterocycles. The second kappa shape index (κ2) is 10.3. The summed E-state index contributed by atoms with van der Waals surface area (Å²) in [6.45, 7) is 4.38. The van der Waals surface area contributed by atoms with Crippen LogP contribution in [-0.4, -0.2) is 78.6 Å². The molecule has 0 saturated carbocycles. The molecule has 1 unspecified atom stereocenters. The number of alkyl halides is 3. The summed E-state index contributed by atoms with van der Waals surface area (Å²) in [5.41, 5.74) is 1.28. The van der Waals surface area contributed by atoms with Gasteiger partial charge in [0.05, 0.1) is 7.11 Å². The van der Waals surface area contributed by atoms with Gasteiger partial charge in [-0.1, -0.05) is 12.1 Å². The summed E-state index contributed by atoms with van der Waals surface area (Å²) >= 11 is 0. The number of aliphatic carboxylic acids is 1. The number of aliphatic hydroxyl groups is 1. The van der Waals surface area contributed by atoms with Crippen LogP contribution in [-0.2, 0) is 11.3 Å². The van der Waals surface area contributed by atoms with Crippen LogP contribution in [0.4, 0.5) is 13.2 Å². The Bertz CT molecular complexity index is 569. The molecule has 0 bridgehead atoms. The number of rotatable bonds is 5. The lowest BCUT2D eigenvalue weighted by Gasteiger charge is -2.39. The van der Waals surface area contributed by atoms with Crippen LogP contribution in [0.5, 0.6) is 5.75 Å². The van der Waals surface area contributed by atoms with Gasteiger partial charge in [0, 0.05) is 38.8 Å². The van der Waals surface area contributed by atoms with Gasteiger partial charge in [0.25, 0.3) is 0 Å². The highest BCUT2D eigenvalue weighted by atomic mass is 19.4. The van der Waals surface area contributed by atoms with Crippen molar-refractivity contribution in [1.29, 1.82) is 0 Å². The largest absolute Gasteiger partial charge is 0.497 e. The molecule has 0 amide bonds. The number of carbonyl (C=O) groups is 1. The summed E-state index contributed by atoms with van der Waals surface area (Å²) < 4.78 is 37.0. The molecule has 26 heavy (non-hydrogen) atoms. The second-order valence-corrected chi connectivity index (χ2v) is 6.04. The first-order valence-corrected chi connectivity index (χ1v) is 8.14. The predicted octanol–water partition coefficient (Wildman–Crippen LogP) is 1.83. The molecule has 0 spiro atoms. The van der Waals surface area contributed by atoms with Crippen LogP contribution >= 0.6 is 0 Å². The van der Waals surface area contributed by atoms with Gasteiger partial charge in [-0.05, 0) is 31.2 Å². The smallest absolute Gasteiger partial charge is 0.490 e. The number of carboxylic acid groups (broad SMARTS) is 1. The first-order chi connectivity index (χ1) is 12.2. The first-order valence-electron chi connectivity index (χ1n) is 8.14. The minimum absolute atomic E-state index is 0.266. The quantitative estimate of drug-likeness (QED) is 0.815. The number of ether oxygens (including phenoxy) is 1. The minimum atomic E-state index is -5.08. The highest BCUT2D eigenvalue weighted by Crippen LogP contribution is 2.17. The average Bonchev–Trinajstić information content (AvgIpc) is 2.58. The van der Waals surface area contributed by atoms with E-state index in [-0.39, 0.29) is 6.61 Å². The van der Waals surface area contributed by atoms with Gasteiger partial charge in [-0.25, -0.2) is 4.79 Å². The maximum Gasteiger partial charge on any atom is 0.490 e. The summed E-state index contributed by atoms with van der Waals surface area (Å²) in [6.07, 6.45) is -4.23. The van der Waals surface area contributed by atoms with Gasteiger partial charge >= 0.3 is 12.1 Å². The van der Waals surface area contributed by atoms with Crippen LogP contribution < -0.4 is 4.74 Å². The fourth-order valence-corrected chi connectivity index (χ4v) is 2.64. The van der Waals surface area contributed by atoms with Gasteiger partial charge in [0.2, 0.25) is 0 Å². The van der Waals surface area contributed by atoms with Gasteiger partial charge in [0.15, 0.2) is 0 Å². The lowest BCUT2D eigenvalue weighted by molar-refractivity contribution is -0.192. The molecule has 1 saturated heterocycles. The van der Waals surface area contributed by atoms with Crippen LogP contribution in [0.25, 0.3) is 0 Å². The summed E-state index contributed by atoms with van der Waals surface area (Å²) in [5, 5.41) is 16.2. The van der Waals surface area contributed by atoms with Crippen molar-refractivity contribution in [2.24, 2.45) is 0 Å². The number of piperazine rings is 1. The number of nitrogens with zero attached hydrogens (tertiary/aromatic N) is 2. The standard InChI is InChI=1S/C15H24N2O2.C2HF3O2/c1-16-7-8-17(12-14(16)6-9-18)11-13-4-3-5-15(10-13)19-2;3-2(4,5)1(6)7/h3-5,10,14,18H,6-9,11-12H2,1-2H3;(H,6,7). The lowest BCUT2D eigenvalue weighted by atomic mass is 10.1. The van der Waals surface area contributed by atoms with E-state index in [1.807, 2.05) is 12.1 Å². The molecule has 148 valence electrons. The molecule has 1 aliphatic rings. The molecule has 1 aromatic rings. The Kier molecular flexibility index (Phi) is 8.83. The molecule has 1 aliphatic heterocycles. The topological polar surface area (TPSA) is 73.2 Å². The molecule has 1 aromatic carbocycles. The molecule has 2 N–H and O–H groups in total. The van der Waals surface area contributed by atoms with Gasteiger partial charge in [-0.15, -0.1) is 0 Å². The minimum Gasteiger partial charge on any atom is -0.497 e. The fraction of sp³-hybridized carbons (Fsp3) is 0.588. The molecule has 1 fully saturated rings. The van der Waals surface area contributed by atoms with Crippen molar-refractivity contribution in [3.8, 4) is 5.75 Å². The van der Waals surface area contributed by atoms with Gasteiger partial charge in [-0.2, -0.15) is 13.2 Å². The number of aliphatic hydroxyl groups excluding tert-OH is 1. The Balaban J connectivity index is 0.000000412. The maximum atomic E-state index is 10.6. The van der Waals surface area contributed by atoms with E-state index in [1.165, 1.54) is 5.56 Å². The maximum absolute atomic E-state index is 10.6. The Hall–Kier alpha value is -1.84. The Morgan fingerprint density at radius 1 is 1.35 bits per heavy atom. The van der Waals surface area contributed by atoms with Crippen LogP contribution in [0.2, 0.25) is 0 Å². The zero-order valence-corrected chi connectivity index (χ0v) is 14.9. The van der Waals surface area contributed by atoms with E-state index in [2.05, 4.69) is 29.0 Å². The fourth-order valence-electron chi connectivity index (χ4n) is 2.64. The average molecular weight is 378 g/mol. The molecule has 9 heteroatoms. The highest BCUT2D eigenvalue weighted by Gasteiger charge is 2.38. The summed E-state index contributed by atoms with van der Waals surface area (Å²) in [4.78, 5) is 13.7. The van der Waals surface area contributed by atoms with E-state index in [9.17, 15) is 13.2 Å². The predicted molar refractivity (Wildman–Crippen MR) is 90.1 cm³/mol. The number of hydrogen-bond donors (Lipinski definition) is 2. The number of methoxy groups -OCH3 is 1. The number of likely N-dealkylation sites (N-methyl/N-ethyl adjacent to an activating group) is 1. The third-order valence-corrected chi connectivity index (χ3v) is 4.11. The van der Waals surface area contributed by atoms with Crippen molar-refractivity contribution < 1.29 is 32.9 Å². The van der Waals surface area contributed by atoms with Crippen LogP contribution in [0.15, 0.2) is 24.3 Å². The van der Waals surface area contributed by atoms with Crippen molar-refractivity contribution in [1.82, 2.24) is 9.80 Å². The van der Waals surface area contributed by atoms with E-state index in [0.29, 0.717) is 6.04 Å². The summed E-state index contributed by atoms with van der Waals surface area (Å²) in [6, 6.07) is 8.71. The zero-order chi connectivity index (χ0) is 19.7. The van der Waals surface area contributed by atoms with Crippen molar-refractivity contribution in [3.05, 3.63) is 29.8 Å². The Morgan fingerprint density at radius 3 is 2.54 bits per heavy atom. The van der Waals surface area contributed by atoms with Crippen LogP contribution in [0.1, 0.15) is 12.0 Å². The Labute approximate surface area is 150 Å². The summed E-state index contributed by atoms with van der Waals surface area (Å²) in [5.74, 6) is -1.84. The van der Waals surface area contributed by atoms with E-state index in [4.69, 9.17) is 19.7 Å². The van der Waals surface area contributed by atoms with Gasteiger partial charge in [0.1, 0.15) is 5.75 Å². The van der Waals surface area contributed by atoms with Crippen LogP contribution in [0, 0.1) is 0 Å². The molecular formula is C17H25F3N2O4. The number of halogens is 3. The third-order valence-electron chi connectivity index (χ3n) is 4.11. The number of hydrogen-bond acceptors (Lipinski definition) is 5. The lowest BCUT2D eigenvalue weighted by Crippen LogP contribution is -2.51. The van der Waals surface area contributed by atoms with Crippen molar-refractivity contribution in [3.63, 3.8) is 0 Å². The summed E-state index contributed by atoms with van der Waals surface area (Å²) in [7, 11) is 3.84. The number of benzene rings is 1. The normalized spacial score (nSPS) is 18.8. The molecule has 1 atom stereocenters. The molecule has 2 rings (SSSR count). The van der Waals surface area contributed by atoms with Gasteiger partial charge in [-0.3, -0.25) is 4.90 Å². The molecule has 0 radical (unpaired) electrons. The van der Waals surface area contributed by atoms with E-state index >= 15 is 0 Å². The highest BCUT2D eigenvalue weighted by molar-refractivity contribution is 5.73. The zero-order valence-electron chi connectivity index (χ0n) is 14.9. The van der Waals surface area contributed by atoms with E-state index in [1.54, 1.807) is 7.11 Å². The number of carboxylic acids is 1. The van der Waals surface area contributed by atoms with Crippen LogP contribution in [0.3, 0.4) is 0 Å². The molecule has 0 aromatic heterocycles. The van der Waals surface area contributed by atoms with Crippen molar-refractivity contribution in [2.45, 2.75) is 25.2 Å². The van der Waals surface area contributed by atoms with Crippen molar-refractivity contribution >= 4 is 5.97 Å². The molecule has 0 aliphatic carbocycles. The Morgan fingerprint density at radius 2 is 2.00 bits per heavy atom. The van der Waals surface area contributed by atoms with E-state index in [0.717, 1.165) is 38.3 Å². The molecule has 6 nitrogen and oxygen atoms in total. The van der Waals surface area contributed by atoms with Crippen molar-refractivity contribution in [2.75, 3.05) is 40.4 Å². The third kappa shape index (κ3) is 7.59. The molecular weight excluding hydrogens is 353 g/mol. The SMILES string of the molecule is COc1cccc(CN2CCN(C)C(CCO)C2)c1.O=C(O)C(F)(F)F. The first kappa shape index (κ1) is 22.2. The van der Waals surface area contributed by atoms with E-state index < -0.39 is 12.1 Å². The second-order valence-electron chi connectivity index (χ2n) is 6.04.